The normalized spacial score (nSPS) is 11.1. The predicted molar refractivity (Wildman–Crippen MR) is 75.1 cm³/mol. The molecule has 0 unspecified atom stereocenters. The summed E-state index contributed by atoms with van der Waals surface area (Å²) in [7, 11) is -2.35. The molecule has 0 aliphatic carbocycles. The zero-order chi connectivity index (χ0) is 14.8. The van der Waals surface area contributed by atoms with Crippen molar-refractivity contribution in [1.29, 1.82) is 0 Å². The fraction of sp³-hybridized carbons (Fsp3) is 0.0833. The molecule has 0 aliphatic rings. The van der Waals surface area contributed by atoms with Crippen LogP contribution in [-0.2, 0) is 10.0 Å². The highest BCUT2D eigenvalue weighted by atomic mass is 32.2. The summed E-state index contributed by atoms with van der Waals surface area (Å²) < 4.78 is 31.5. The summed E-state index contributed by atoms with van der Waals surface area (Å²) >= 11 is 1.11. The lowest BCUT2D eigenvalue weighted by atomic mass is 10.3. The Kier molecular flexibility index (Phi) is 3.96. The predicted octanol–water partition coefficient (Wildman–Crippen LogP) is 2.26. The number of methoxy groups -OCH3 is 1. The number of ether oxygens (including phenoxy) is 1. The molecule has 0 aliphatic heterocycles. The number of nitrogens with one attached hydrogen (secondary N) is 1. The molecule has 0 amide bonds. The number of rotatable bonds is 5. The number of carbonyl (C=O) groups is 1. The van der Waals surface area contributed by atoms with Crippen LogP contribution in [0.1, 0.15) is 10.4 Å². The number of anilines is 1. The van der Waals surface area contributed by atoms with Gasteiger partial charge >= 0.3 is 5.97 Å². The van der Waals surface area contributed by atoms with Gasteiger partial charge in [-0.05, 0) is 24.3 Å². The molecule has 0 saturated heterocycles. The van der Waals surface area contributed by atoms with E-state index in [-0.39, 0.29) is 16.1 Å². The molecule has 106 valence electrons. The van der Waals surface area contributed by atoms with E-state index in [0.29, 0.717) is 5.75 Å². The molecule has 2 aromatic rings. The van der Waals surface area contributed by atoms with Gasteiger partial charge < -0.3 is 9.84 Å². The van der Waals surface area contributed by atoms with Gasteiger partial charge in [-0.15, -0.1) is 11.3 Å². The van der Waals surface area contributed by atoms with E-state index in [1.54, 1.807) is 0 Å². The van der Waals surface area contributed by atoms with Crippen molar-refractivity contribution in [1.82, 2.24) is 0 Å². The smallest absolute Gasteiger partial charge is 0.338 e. The summed E-state index contributed by atoms with van der Waals surface area (Å²) in [6.45, 7) is 0. The van der Waals surface area contributed by atoms with Gasteiger partial charge in [-0.3, -0.25) is 4.72 Å². The van der Waals surface area contributed by atoms with Crippen LogP contribution in [0.5, 0.6) is 5.75 Å². The third kappa shape index (κ3) is 2.91. The first-order valence-electron chi connectivity index (χ1n) is 5.40. The third-order valence-corrected chi connectivity index (χ3v) is 4.63. The van der Waals surface area contributed by atoms with Crippen LogP contribution in [-0.4, -0.2) is 26.6 Å². The number of sulfonamides is 1. The van der Waals surface area contributed by atoms with Gasteiger partial charge in [-0.1, -0.05) is 0 Å². The number of hydrogen-bond acceptors (Lipinski definition) is 5. The second kappa shape index (κ2) is 5.51. The van der Waals surface area contributed by atoms with Crippen LogP contribution in [0.15, 0.2) is 39.9 Å². The summed E-state index contributed by atoms with van der Waals surface area (Å²) in [5, 5.41) is 11.7. The van der Waals surface area contributed by atoms with E-state index in [1.807, 2.05) is 0 Å². The zero-order valence-corrected chi connectivity index (χ0v) is 12.0. The van der Waals surface area contributed by atoms with Crippen molar-refractivity contribution in [3.8, 4) is 5.75 Å². The molecule has 0 atom stereocenters. The van der Waals surface area contributed by atoms with Gasteiger partial charge in [-0.2, -0.15) is 0 Å². The minimum Gasteiger partial charge on any atom is -0.497 e. The topological polar surface area (TPSA) is 92.7 Å². The van der Waals surface area contributed by atoms with E-state index >= 15 is 0 Å². The van der Waals surface area contributed by atoms with Crippen LogP contribution < -0.4 is 9.46 Å². The summed E-state index contributed by atoms with van der Waals surface area (Å²) in [6, 6.07) is 5.79. The molecule has 0 spiro atoms. The zero-order valence-electron chi connectivity index (χ0n) is 10.4. The van der Waals surface area contributed by atoms with Crippen LogP contribution in [0, 0.1) is 0 Å². The first-order chi connectivity index (χ1) is 9.44. The molecular formula is C12H11NO5S2. The molecule has 8 heteroatoms. The van der Waals surface area contributed by atoms with Crippen molar-refractivity contribution in [2.45, 2.75) is 4.90 Å². The molecule has 1 aromatic carbocycles. The van der Waals surface area contributed by atoms with Crippen LogP contribution in [0.25, 0.3) is 0 Å². The Morgan fingerprint density at radius 2 is 1.90 bits per heavy atom. The van der Waals surface area contributed by atoms with Crippen LogP contribution in [0.3, 0.4) is 0 Å². The Labute approximate surface area is 119 Å². The molecule has 0 saturated carbocycles. The van der Waals surface area contributed by atoms with E-state index < -0.39 is 16.0 Å². The van der Waals surface area contributed by atoms with Gasteiger partial charge in [0.15, 0.2) is 0 Å². The van der Waals surface area contributed by atoms with Crippen LogP contribution in [0.4, 0.5) is 5.69 Å². The van der Waals surface area contributed by atoms with E-state index in [1.165, 1.54) is 42.1 Å². The fourth-order valence-corrected chi connectivity index (χ4v) is 3.40. The summed E-state index contributed by atoms with van der Waals surface area (Å²) in [6.07, 6.45) is 0. The van der Waals surface area contributed by atoms with Gasteiger partial charge in [0.05, 0.1) is 23.3 Å². The lowest BCUT2D eigenvalue weighted by Crippen LogP contribution is -2.14. The maximum absolute atomic E-state index is 12.1. The molecule has 6 nitrogen and oxygen atoms in total. The highest BCUT2D eigenvalue weighted by Gasteiger charge is 2.19. The first kappa shape index (κ1) is 14.4. The Hall–Kier alpha value is -2.06. The molecule has 0 fully saturated rings. The minimum atomic E-state index is -3.83. The van der Waals surface area contributed by atoms with Gasteiger partial charge in [0.2, 0.25) is 0 Å². The summed E-state index contributed by atoms with van der Waals surface area (Å²) in [4.78, 5) is 11.0. The maximum atomic E-state index is 12.1. The van der Waals surface area contributed by atoms with Gasteiger partial charge in [-0.25, -0.2) is 13.2 Å². The molecular weight excluding hydrogens is 302 g/mol. The average Bonchev–Trinajstić information content (AvgIpc) is 2.86. The Morgan fingerprint density at radius 3 is 2.45 bits per heavy atom. The summed E-state index contributed by atoms with van der Waals surface area (Å²) in [5.74, 6) is -0.649. The van der Waals surface area contributed by atoms with Crippen LogP contribution in [0.2, 0.25) is 0 Å². The van der Waals surface area contributed by atoms with Crippen molar-refractivity contribution in [2.75, 3.05) is 11.8 Å². The molecule has 1 heterocycles. The Morgan fingerprint density at radius 1 is 1.25 bits per heavy atom. The number of thiophene rings is 1. The van der Waals surface area contributed by atoms with E-state index in [2.05, 4.69) is 4.72 Å². The number of hydrogen-bond donors (Lipinski definition) is 2. The van der Waals surface area contributed by atoms with E-state index in [0.717, 1.165) is 11.3 Å². The molecule has 20 heavy (non-hydrogen) atoms. The molecule has 2 rings (SSSR count). The molecule has 0 bridgehead atoms. The lowest BCUT2D eigenvalue weighted by Gasteiger charge is -2.08. The second-order valence-corrected chi connectivity index (χ2v) is 6.21. The highest BCUT2D eigenvalue weighted by Crippen LogP contribution is 2.24. The average molecular weight is 313 g/mol. The fourth-order valence-electron chi connectivity index (χ4n) is 1.50. The largest absolute Gasteiger partial charge is 0.497 e. The highest BCUT2D eigenvalue weighted by molar-refractivity contribution is 7.92. The minimum absolute atomic E-state index is 0.0286. The number of aromatic carboxylic acids is 1. The van der Waals surface area contributed by atoms with Gasteiger partial charge in [0.25, 0.3) is 10.0 Å². The molecule has 0 radical (unpaired) electrons. The summed E-state index contributed by atoms with van der Waals surface area (Å²) in [5.41, 5.74) is -0.0228. The third-order valence-electron chi connectivity index (χ3n) is 2.51. The van der Waals surface area contributed by atoms with Crippen molar-refractivity contribution in [2.24, 2.45) is 0 Å². The van der Waals surface area contributed by atoms with Gasteiger partial charge in [0.1, 0.15) is 5.75 Å². The Balaban J connectivity index is 2.30. The quantitative estimate of drug-likeness (QED) is 0.883. The number of benzene rings is 1. The number of carboxylic acids is 1. The second-order valence-electron chi connectivity index (χ2n) is 3.79. The van der Waals surface area contributed by atoms with Crippen molar-refractivity contribution in [3.05, 3.63) is 40.6 Å². The lowest BCUT2D eigenvalue weighted by molar-refractivity contribution is 0.0698. The van der Waals surface area contributed by atoms with E-state index in [4.69, 9.17) is 9.84 Å². The van der Waals surface area contributed by atoms with Gasteiger partial charge in [0, 0.05) is 10.8 Å². The molecule has 2 N–H and O–H groups in total. The first-order valence-corrected chi connectivity index (χ1v) is 7.83. The Bertz CT molecular complexity index is 719. The van der Waals surface area contributed by atoms with E-state index in [9.17, 15) is 13.2 Å². The van der Waals surface area contributed by atoms with Crippen molar-refractivity contribution >= 4 is 33.0 Å². The number of carboxylic acid groups (broad SMARTS) is 1. The SMILES string of the molecule is COc1ccc(S(=O)(=O)Nc2cscc2C(=O)O)cc1. The van der Waals surface area contributed by atoms with Crippen LogP contribution >= 0.6 is 11.3 Å². The van der Waals surface area contributed by atoms with Crippen molar-refractivity contribution < 1.29 is 23.1 Å². The molecule has 1 aromatic heterocycles. The van der Waals surface area contributed by atoms with Crippen molar-refractivity contribution in [3.63, 3.8) is 0 Å². The maximum Gasteiger partial charge on any atom is 0.338 e. The standard InChI is InChI=1S/C12H11NO5S2/c1-18-8-2-4-9(5-3-8)20(16,17)13-11-7-19-6-10(11)12(14)15/h2-7,13H,1H3,(H,14,15). The monoisotopic (exact) mass is 313 g/mol.